The number of rotatable bonds is 4. The first-order valence-corrected chi connectivity index (χ1v) is 7.38. The van der Waals surface area contributed by atoms with Crippen LogP contribution in [0.25, 0.3) is 10.9 Å². The van der Waals surface area contributed by atoms with E-state index in [1.165, 1.54) is 0 Å². The average Bonchev–Trinajstić information content (AvgIpc) is 2.37. The third-order valence-corrected chi connectivity index (χ3v) is 3.62. The monoisotopic (exact) mass is 369 g/mol. The number of nitrogens with zero attached hydrogens (tertiary/aromatic N) is 1. The Bertz CT molecular complexity index is 596. The van der Waals surface area contributed by atoms with Crippen LogP contribution >= 0.6 is 22.6 Å². The maximum Gasteiger partial charge on any atom is 0.358 e. The van der Waals surface area contributed by atoms with Crippen LogP contribution in [0.2, 0.25) is 0 Å². The second-order valence-corrected chi connectivity index (χ2v) is 5.99. The zero-order valence-corrected chi connectivity index (χ0v) is 13.2. The summed E-state index contributed by atoms with van der Waals surface area (Å²) in [5.74, 6) is 0.187. The number of hydrogen-bond acceptors (Lipinski definition) is 3. The number of carbonyl (C=O) groups excluding carboxylic acids is 1. The SMILES string of the molecule is CC(C)CCOC(=O)c1nc2ccccc2cc1I. The van der Waals surface area contributed by atoms with Crippen molar-refractivity contribution in [2.75, 3.05) is 6.61 Å². The highest BCUT2D eigenvalue weighted by atomic mass is 127. The van der Waals surface area contributed by atoms with Crippen molar-refractivity contribution in [2.45, 2.75) is 20.3 Å². The van der Waals surface area contributed by atoms with E-state index in [1.54, 1.807) is 0 Å². The van der Waals surface area contributed by atoms with Gasteiger partial charge in [0.2, 0.25) is 0 Å². The van der Waals surface area contributed by atoms with Crippen molar-refractivity contribution in [1.82, 2.24) is 4.98 Å². The van der Waals surface area contributed by atoms with Crippen LogP contribution in [-0.4, -0.2) is 17.6 Å². The lowest BCUT2D eigenvalue weighted by Gasteiger charge is -2.08. The Hall–Kier alpha value is -1.17. The van der Waals surface area contributed by atoms with Crippen molar-refractivity contribution in [3.8, 4) is 0 Å². The van der Waals surface area contributed by atoms with Gasteiger partial charge >= 0.3 is 5.97 Å². The summed E-state index contributed by atoms with van der Waals surface area (Å²) in [6, 6.07) is 9.72. The number of halogens is 1. The summed E-state index contributed by atoms with van der Waals surface area (Å²) < 4.78 is 6.09. The van der Waals surface area contributed by atoms with E-state index < -0.39 is 0 Å². The normalized spacial score (nSPS) is 10.9. The fourth-order valence-corrected chi connectivity index (χ4v) is 2.37. The number of esters is 1. The lowest BCUT2D eigenvalue weighted by Crippen LogP contribution is -2.11. The lowest BCUT2D eigenvalue weighted by atomic mass is 10.1. The Morgan fingerprint density at radius 1 is 1.37 bits per heavy atom. The molecule has 1 aromatic carbocycles. The van der Waals surface area contributed by atoms with E-state index in [4.69, 9.17) is 4.74 Å². The van der Waals surface area contributed by atoms with Crippen LogP contribution in [0.4, 0.5) is 0 Å². The first-order chi connectivity index (χ1) is 9.08. The Labute approximate surface area is 126 Å². The van der Waals surface area contributed by atoms with Crippen molar-refractivity contribution in [1.29, 1.82) is 0 Å². The van der Waals surface area contributed by atoms with Crippen LogP contribution in [0.15, 0.2) is 30.3 Å². The van der Waals surface area contributed by atoms with Crippen molar-refractivity contribution >= 4 is 39.5 Å². The molecule has 0 atom stereocenters. The van der Waals surface area contributed by atoms with Gasteiger partial charge in [-0.3, -0.25) is 0 Å². The maximum absolute atomic E-state index is 12.0. The molecule has 0 aliphatic heterocycles. The molecule has 19 heavy (non-hydrogen) atoms. The topological polar surface area (TPSA) is 39.2 Å². The van der Waals surface area contributed by atoms with Gasteiger partial charge in [-0.25, -0.2) is 9.78 Å². The molecular formula is C15H16INO2. The second-order valence-electron chi connectivity index (χ2n) is 4.83. The first-order valence-electron chi connectivity index (χ1n) is 6.30. The van der Waals surface area contributed by atoms with Gasteiger partial charge < -0.3 is 4.74 Å². The largest absolute Gasteiger partial charge is 0.461 e. The molecule has 2 aromatic rings. The molecule has 0 fully saturated rings. The number of aromatic nitrogens is 1. The molecule has 0 unspecified atom stereocenters. The second kappa shape index (κ2) is 6.32. The van der Waals surface area contributed by atoms with Gasteiger partial charge in [-0.1, -0.05) is 32.0 Å². The van der Waals surface area contributed by atoms with E-state index in [-0.39, 0.29) is 5.97 Å². The zero-order chi connectivity index (χ0) is 13.8. The molecule has 0 aliphatic rings. The van der Waals surface area contributed by atoms with Crippen LogP contribution in [0.5, 0.6) is 0 Å². The molecule has 1 heterocycles. The number of benzene rings is 1. The minimum Gasteiger partial charge on any atom is -0.461 e. The summed E-state index contributed by atoms with van der Waals surface area (Å²) in [5.41, 5.74) is 1.22. The van der Waals surface area contributed by atoms with Crippen molar-refractivity contribution in [3.63, 3.8) is 0 Å². The Morgan fingerprint density at radius 2 is 2.11 bits per heavy atom. The van der Waals surface area contributed by atoms with Gasteiger partial charge in [-0.2, -0.15) is 0 Å². The van der Waals surface area contributed by atoms with Crippen LogP contribution in [0.3, 0.4) is 0 Å². The van der Waals surface area contributed by atoms with Gasteiger partial charge in [0.15, 0.2) is 5.69 Å². The molecule has 1 aromatic heterocycles. The van der Waals surface area contributed by atoms with Gasteiger partial charge in [0, 0.05) is 8.96 Å². The summed E-state index contributed by atoms with van der Waals surface area (Å²) in [6.45, 7) is 4.65. The highest BCUT2D eigenvalue weighted by Gasteiger charge is 2.14. The molecule has 0 saturated carbocycles. The van der Waals surface area contributed by atoms with Gasteiger partial charge in [-0.15, -0.1) is 0 Å². The highest BCUT2D eigenvalue weighted by Crippen LogP contribution is 2.19. The summed E-state index contributed by atoms with van der Waals surface area (Å²) in [7, 11) is 0. The third-order valence-electron chi connectivity index (χ3n) is 2.80. The van der Waals surface area contributed by atoms with Gasteiger partial charge in [-0.05, 0) is 47.1 Å². The number of ether oxygens (including phenoxy) is 1. The van der Waals surface area contributed by atoms with Crippen LogP contribution in [-0.2, 0) is 4.74 Å². The molecule has 0 saturated heterocycles. The molecule has 100 valence electrons. The number of para-hydroxylation sites is 1. The van der Waals surface area contributed by atoms with Gasteiger partial charge in [0.05, 0.1) is 12.1 Å². The summed E-state index contributed by atoms with van der Waals surface area (Å²) in [5, 5.41) is 1.03. The van der Waals surface area contributed by atoms with Crippen molar-refractivity contribution in [3.05, 3.63) is 39.6 Å². The van der Waals surface area contributed by atoms with E-state index in [2.05, 4.69) is 41.4 Å². The molecule has 0 spiro atoms. The Kier molecular flexibility index (Phi) is 4.74. The molecule has 2 rings (SSSR count). The Balaban J connectivity index is 2.19. The van der Waals surface area contributed by atoms with Crippen LogP contribution in [0, 0.1) is 9.49 Å². The number of pyridine rings is 1. The molecule has 4 heteroatoms. The van der Waals surface area contributed by atoms with Crippen LogP contribution in [0.1, 0.15) is 30.8 Å². The molecular weight excluding hydrogens is 353 g/mol. The molecule has 0 radical (unpaired) electrons. The summed E-state index contributed by atoms with van der Waals surface area (Å²) in [4.78, 5) is 16.4. The van der Waals surface area contributed by atoms with Gasteiger partial charge in [0.25, 0.3) is 0 Å². The summed E-state index contributed by atoms with van der Waals surface area (Å²) in [6.07, 6.45) is 0.871. The number of fused-ring (bicyclic) bond motifs is 1. The van der Waals surface area contributed by atoms with Crippen molar-refractivity contribution < 1.29 is 9.53 Å². The molecule has 0 N–H and O–H groups in total. The third kappa shape index (κ3) is 3.65. The maximum atomic E-state index is 12.0. The summed E-state index contributed by atoms with van der Waals surface area (Å²) >= 11 is 2.13. The fourth-order valence-electron chi connectivity index (χ4n) is 1.69. The zero-order valence-electron chi connectivity index (χ0n) is 11.0. The minimum absolute atomic E-state index is 0.337. The molecule has 0 amide bonds. The van der Waals surface area contributed by atoms with Crippen LogP contribution < -0.4 is 0 Å². The first kappa shape index (κ1) is 14.2. The predicted octanol–water partition coefficient (Wildman–Crippen LogP) is 4.04. The van der Waals surface area contributed by atoms with Crippen molar-refractivity contribution in [2.24, 2.45) is 5.92 Å². The highest BCUT2D eigenvalue weighted by molar-refractivity contribution is 14.1. The predicted molar refractivity (Wildman–Crippen MR) is 84.2 cm³/mol. The number of carbonyl (C=O) groups is 1. The van der Waals surface area contributed by atoms with E-state index in [9.17, 15) is 4.79 Å². The molecule has 0 bridgehead atoms. The van der Waals surface area contributed by atoms with E-state index in [1.807, 2.05) is 30.3 Å². The van der Waals surface area contributed by atoms with E-state index >= 15 is 0 Å². The smallest absolute Gasteiger partial charge is 0.358 e. The molecule has 3 nitrogen and oxygen atoms in total. The number of hydrogen-bond donors (Lipinski definition) is 0. The quantitative estimate of drug-likeness (QED) is 0.603. The van der Waals surface area contributed by atoms with Gasteiger partial charge in [0.1, 0.15) is 0 Å². The lowest BCUT2D eigenvalue weighted by molar-refractivity contribution is 0.0480. The molecule has 0 aliphatic carbocycles. The Morgan fingerprint density at radius 3 is 2.84 bits per heavy atom. The minimum atomic E-state index is -0.337. The average molecular weight is 369 g/mol. The van der Waals surface area contributed by atoms with E-state index in [0.717, 1.165) is 20.9 Å². The fraction of sp³-hybridized carbons (Fsp3) is 0.333. The van der Waals surface area contributed by atoms with E-state index in [0.29, 0.717) is 18.2 Å². The standard InChI is InChI=1S/C15H16INO2/c1-10(2)7-8-19-15(18)14-12(16)9-11-5-3-4-6-13(11)17-14/h3-6,9-10H,7-8H2,1-2H3.